The largest absolute Gasteiger partial charge is 0.462 e. The highest BCUT2D eigenvalue weighted by Gasteiger charge is 2.67. The van der Waals surface area contributed by atoms with Gasteiger partial charge in [0.15, 0.2) is 0 Å². The standard InChI is InChI=1S/C47H50FNO6/c1-32(50)54-42-23-25-44(2)40(22-26-46(30-49-37-21-13-20-36(48)28-37)41(44)29-39(55-46)38-24-27-52-43(38)51)45(42,3)31-53-47(33-14-7-4-8-15-33,34-16-9-5-10-17-34)35-18-11-6-12-19-35/h4-21,24,28,39-42,49H,22-23,25-27,29-31H2,1-3H3/t39-,40-,41-,42+,44+,45-,46+/m0/s1. The number of anilines is 1. The SMILES string of the molecule is CC(=O)O[C@@H]1CC[C@]2(C)[C@H](CC[C@]3(CNc4cccc(F)c4)O[C@H](C4=CCOC4=O)C[C@H]32)[C@]1(C)COC(c1ccccc1)(c1ccccc1)c1ccccc1. The number of hydrogen-bond donors (Lipinski definition) is 1. The van der Waals surface area contributed by atoms with Gasteiger partial charge in [0.05, 0.1) is 23.9 Å². The Morgan fingerprint density at radius 3 is 2.05 bits per heavy atom. The first-order valence-electron chi connectivity index (χ1n) is 19.6. The lowest BCUT2D eigenvalue weighted by atomic mass is 9.44. The van der Waals surface area contributed by atoms with Crippen molar-refractivity contribution >= 4 is 17.6 Å². The third kappa shape index (κ3) is 6.57. The van der Waals surface area contributed by atoms with Crippen molar-refractivity contribution in [1.82, 2.24) is 0 Å². The van der Waals surface area contributed by atoms with Crippen molar-refractivity contribution < 1.29 is 32.9 Å². The van der Waals surface area contributed by atoms with Gasteiger partial charge in [-0.3, -0.25) is 4.79 Å². The summed E-state index contributed by atoms with van der Waals surface area (Å²) in [6, 6.07) is 37.6. The second-order valence-electron chi connectivity index (χ2n) is 16.4. The third-order valence-corrected chi connectivity index (χ3v) is 13.4. The van der Waals surface area contributed by atoms with Crippen LogP contribution in [0.25, 0.3) is 0 Å². The number of hydrogen-bond acceptors (Lipinski definition) is 7. The van der Waals surface area contributed by atoms with Crippen LogP contribution in [-0.2, 0) is 34.1 Å². The number of esters is 2. The molecule has 2 aliphatic carbocycles. The Labute approximate surface area is 323 Å². The first kappa shape index (κ1) is 37.1. The lowest BCUT2D eigenvalue weighted by Gasteiger charge is -2.63. The van der Waals surface area contributed by atoms with Gasteiger partial charge < -0.3 is 24.3 Å². The average molecular weight is 744 g/mol. The smallest absolute Gasteiger partial charge is 0.336 e. The van der Waals surface area contributed by atoms with Crippen molar-refractivity contribution in [3.63, 3.8) is 0 Å². The molecule has 3 fully saturated rings. The van der Waals surface area contributed by atoms with E-state index in [0.717, 1.165) is 29.5 Å². The fraction of sp³-hybridized carbons (Fsp3) is 0.404. The molecule has 0 spiro atoms. The first-order valence-corrected chi connectivity index (χ1v) is 19.6. The third-order valence-electron chi connectivity index (χ3n) is 13.4. The molecule has 8 rings (SSSR count). The Morgan fingerprint density at radius 1 is 0.855 bits per heavy atom. The van der Waals surface area contributed by atoms with Gasteiger partial charge in [-0.15, -0.1) is 0 Å². The molecule has 4 aliphatic rings. The van der Waals surface area contributed by atoms with Gasteiger partial charge in [0.2, 0.25) is 0 Å². The number of carbonyl (C=O) groups excluding carboxylic acids is 2. The molecule has 0 amide bonds. The molecule has 8 heteroatoms. The quantitative estimate of drug-likeness (QED) is 0.121. The zero-order valence-electron chi connectivity index (χ0n) is 31.8. The molecule has 0 bridgehead atoms. The van der Waals surface area contributed by atoms with Crippen LogP contribution in [0.2, 0.25) is 0 Å². The molecule has 0 radical (unpaired) electrons. The van der Waals surface area contributed by atoms with Crippen LogP contribution in [0.4, 0.5) is 10.1 Å². The molecule has 7 nitrogen and oxygen atoms in total. The summed E-state index contributed by atoms with van der Waals surface area (Å²) < 4.78 is 40.6. The molecule has 4 aromatic carbocycles. The van der Waals surface area contributed by atoms with Crippen LogP contribution < -0.4 is 5.32 Å². The number of carbonyl (C=O) groups is 2. The number of nitrogens with one attached hydrogen (secondary N) is 1. The van der Waals surface area contributed by atoms with Gasteiger partial charge in [0.1, 0.15) is 24.1 Å². The number of ether oxygens (including phenoxy) is 4. The summed E-state index contributed by atoms with van der Waals surface area (Å²) in [5.41, 5.74) is 1.81. The van der Waals surface area contributed by atoms with E-state index in [9.17, 15) is 14.0 Å². The van der Waals surface area contributed by atoms with Crippen molar-refractivity contribution in [3.05, 3.63) is 149 Å². The van der Waals surface area contributed by atoms with E-state index in [1.807, 2.05) is 66.7 Å². The van der Waals surface area contributed by atoms with Gasteiger partial charge >= 0.3 is 11.9 Å². The van der Waals surface area contributed by atoms with E-state index < -0.39 is 22.7 Å². The van der Waals surface area contributed by atoms with Crippen LogP contribution >= 0.6 is 0 Å². The van der Waals surface area contributed by atoms with Crippen LogP contribution in [-0.4, -0.2) is 49.5 Å². The summed E-state index contributed by atoms with van der Waals surface area (Å²) in [5.74, 6) is -0.845. The van der Waals surface area contributed by atoms with Crippen LogP contribution in [0.15, 0.2) is 127 Å². The molecule has 2 heterocycles. The number of halogens is 1. The summed E-state index contributed by atoms with van der Waals surface area (Å²) in [4.78, 5) is 25.8. The molecule has 2 saturated carbocycles. The van der Waals surface area contributed by atoms with Crippen molar-refractivity contribution in [2.45, 2.75) is 76.3 Å². The van der Waals surface area contributed by atoms with Gasteiger partial charge in [-0.25, -0.2) is 9.18 Å². The van der Waals surface area contributed by atoms with E-state index in [-0.39, 0.29) is 47.7 Å². The second-order valence-corrected chi connectivity index (χ2v) is 16.4. The van der Waals surface area contributed by atoms with Gasteiger partial charge in [0.25, 0.3) is 0 Å². The highest BCUT2D eigenvalue weighted by Crippen LogP contribution is 2.67. The molecule has 0 unspecified atom stereocenters. The monoisotopic (exact) mass is 743 g/mol. The van der Waals surface area contributed by atoms with Crippen LogP contribution in [0.3, 0.4) is 0 Å². The summed E-state index contributed by atoms with van der Waals surface area (Å²) in [6.07, 6.45) is 4.63. The molecule has 4 aromatic rings. The minimum absolute atomic E-state index is 0.0267. The topological polar surface area (TPSA) is 83.1 Å². The van der Waals surface area contributed by atoms with E-state index >= 15 is 0 Å². The van der Waals surface area contributed by atoms with Gasteiger partial charge in [-0.2, -0.15) is 0 Å². The Kier molecular flexibility index (Phi) is 9.93. The van der Waals surface area contributed by atoms with E-state index in [4.69, 9.17) is 18.9 Å². The van der Waals surface area contributed by atoms with Gasteiger partial charge in [-0.1, -0.05) is 111 Å². The Balaban J connectivity index is 1.20. The minimum atomic E-state index is -0.953. The Bertz CT molecular complexity index is 1940. The van der Waals surface area contributed by atoms with Crippen molar-refractivity contribution in [2.24, 2.45) is 22.7 Å². The lowest BCUT2D eigenvalue weighted by Crippen LogP contribution is -2.64. The van der Waals surface area contributed by atoms with Crippen molar-refractivity contribution in [2.75, 3.05) is 25.1 Å². The van der Waals surface area contributed by atoms with E-state index in [1.165, 1.54) is 19.1 Å². The summed E-state index contributed by atoms with van der Waals surface area (Å²) >= 11 is 0. The lowest BCUT2D eigenvalue weighted by molar-refractivity contribution is -0.220. The van der Waals surface area contributed by atoms with Crippen LogP contribution in [0.5, 0.6) is 0 Å². The molecule has 55 heavy (non-hydrogen) atoms. The van der Waals surface area contributed by atoms with Crippen LogP contribution in [0, 0.1) is 28.5 Å². The highest BCUT2D eigenvalue weighted by molar-refractivity contribution is 5.91. The molecule has 0 aromatic heterocycles. The number of benzene rings is 4. The van der Waals surface area contributed by atoms with E-state index in [2.05, 4.69) is 55.6 Å². The first-order chi connectivity index (χ1) is 26.6. The highest BCUT2D eigenvalue weighted by atomic mass is 19.1. The van der Waals surface area contributed by atoms with Gasteiger partial charge in [-0.05, 0) is 90.3 Å². The fourth-order valence-electron chi connectivity index (χ4n) is 10.9. The maximum atomic E-state index is 14.3. The Morgan fingerprint density at radius 2 is 1.49 bits per heavy atom. The molecule has 1 saturated heterocycles. The second kappa shape index (κ2) is 14.7. The van der Waals surface area contributed by atoms with E-state index in [0.29, 0.717) is 43.7 Å². The molecular weight excluding hydrogens is 694 g/mol. The Hall–Kier alpha value is -4.79. The molecular formula is C47H50FNO6. The van der Waals surface area contributed by atoms with Crippen molar-refractivity contribution in [3.8, 4) is 0 Å². The molecule has 2 aliphatic heterocycles. The average Bonchev–Trinajstić information content (AvgIpc) is 3.81. The molecule has 1 N–H and O–H groups in total. The zero-order chi connectivity index (χ0) is 38.3. The van der Waals surface area contributed by atoms with Gasteiger partial charge in [0, 0.05) is 24.6 Å². The number of cyclic esters (lactones) is 1. The zero-order valence-corrected chi connectivity index (χ0v) is 31.8. The predicted octanol–water partition coefficient (Wildman–Crippen LogP) is 9.02. The summed E-state index contributed by atoms with van der Waals surface area (Å²) in [5, 5.41) is 3.51. The fourth-order valence-corrected chi connectivity index (χ4v) is 10.9. The molecule has 286 valence electrons. The van der Waals surface area contributed by atoms with Crippen LogP contribution in [0.1, 0.15) is 69.6 Å². The van der Waals surface area contributed by atoms with E-state index in [1.54, 1.807) is 6.07 Å². The molecule has 7 atom stereocenters. The number of fused-ring (bicyclic) bond motifs is 3. The minimum Gasteiger partial charge on any atom is -0.462 e. The normalized spacial score (nSPS) is 30.1. The number of rotatable bonds is 11. The predicted molar refractivity (Wildman–Crippen MR) is 209 cm³/mol. The maximum absolute atomic E-state index is 14.3. The summed E-state index contributed by atoms with van der Waals surface area (Å²) in [7, 11) is 0. The summed E-state index contributed by atoms with van der Waals surface area (Å²) in [6.45, 7) is 7.13. The van der Waals surface area contributed by atoms with Crippen molar-refractivity contribution in [1.29, 1.82) is 0 Å². The maximum Gasteiger partial charge on any atom is 0.336 e.